The Labute approximate surface area is 111 Å². The van der Waals surface area contributed by atoms with Crippen molar-refractivity contribution in [2.45, 2.75) is 6.42 Å². The zero-order chi connectivity index (χ0) is 13.8. The van der Waals surface area contributed by atoms with Gasteiger partial charge in [-0.15, -0.1) is 0 Å². The van der Waals surface area contributed by atoms with Crippen LogP contribution in [0.2, 0.25) is 0 Å². The molecular formula is C13H17N5O. The Balaban J connectivity index is 2.01. The molecule has 100 valence electrons. The summed E-state index contributed by atoms with van der Waals surface area (Å²) < 4.78 is 1.50. The molecule has 0 aromatic carbocycles. The van der Waals surface area contributed by atoms with E-state index in [1.165, 1.54) is 10.9 Å². The summed E-state index contributed by atoms with van der Waals surface area (Å²) in [6.45, 7) is 0.619. The van der Waals surface area contributed by atoms with Gasteiger partial charge >= 0.3 is 0 Å². The van der Waals surface area contributed by atoms with Crippen LogP contribution in [0, 0.1) is 0 Å². The van der Waals surface area contributed by atoms with Crippen LogP contribution in [-0.4, -0.2) is 39.2 Å². The summed E-state index contributed by atoms with van der Waals surface area (Å²) in [5.74, 6) is -0.119. The summed E-state index contributed by atoms with van der Waals surface area (Å²) in [5, 5.41) is 3.97. The number of aromatic nitrogens is 3. The number of aryl methyl sites for hydroxylation is 1. The van der Waals surface area contributed by atoms with Gasteiger partial charge in [0.25, 0.3) is 5.91 Å². The Morgan fingerprint density at radius 2 is 2.11 bits per heavy atom. The van der Waals surface area contributed by atoms with Crippen LogP contribution in [0.3, 0.4) is 0 Å². The van der Waals surface area contributed by atoms with Crippen molar-refractivity contribution in [2.24, 2.45) is 7.05 Å². The number of carbonyl (C=O) groups excluding carboxylic acids is 1. The molecule has 6 nitrogen and oxygen atoms in total. The largest absolute Gasteiger partial charge is 0.396 e. The Morgan fingerprint density at radius 3 is 2.68 bits per heavy atom. The van der Waals surface area contributed by atoms with Gasteiger partial charge in [-0.05, 0) is 24.1 Å². The van der Waals surface area contributed by atoms with Gasteiger partial charge in [0.2, 0.25) is 0 Å². The fourth-order valence-electron chi connectivity index (χ4n) is 1.84. The number of hydrogen-bond acceptors (Lipinski definition) is 4. The maximum absolute atomic E-state index is 12.2. The molecule has 1 amide bonds. The smallest absolute Gasteiger partial charge is 0.274 e. The lowest BCUT2D eigenvalue weighted by Gasteiger charge is -2.17. The second-order valence-electron chi connectivity index (χ2n) is 4.40. The van der Waals surface area contributed by atoms with E-state index in [9.17, 15) is 4.79 Å². The van der Waals surface area contributed by atoms with Gasteiger partial charge in [0.15, 0.2) is 0 Å². The molecule has 0 aliphatic heterocycles. The number of nitrogen functional groups attached to an aromatic ring is 1. The highest BCUT2D eigenvalue weighted by Crippen LogP contribution is 2.12. The lowest BCUT2D eigenvalue weighted by Crippen LogP contribution is -2.31. The lowest BCUT2D eigenvalue weighted by atomic mass is 10.2. The summed E-state index contributed by atoms with van der Waals surface area (Å²) in [6, 6.07) is 3.88. The topological polar surface area (TPSA) is 77.0 Å². The van der Waals surface area contributed by atoms with Gasteiger partial charge in [-0.1, -0.05) is 0 Å². The first-order valence-corrected chi connectivity index (χ1v) is 6.01. The van der Waals surface area contributed by atoms with Crippen molar-refractivity contribution in [3.05, 3.63) is 42.0 Å². The van der Waals surface area contributed by atoms with E-state index in [4.69, 9.17) is 5.73 Å². The minimum Gasteiger partial charge on any atom is -0.396 e. The Morgan fingerprint density at radius 1 is 1.42 bits per heavy atom. The summed E-state index contributed by atoms with van der Waals surface area (Å²) in [5.41, 5.74) is 7.73. The van der Waals surface area contributed by atoms with Crippen LogP contribution in [0.1, 0.15) is 16.1 Å². The molecule has 0 saturated carbocycles. The molecule has 0 fully saturated rings. The predicted octanol–water partition coefficient (Wildman–Crippen LogP) is 0.712. The number of rotatable bonds is 4. The van der Waals surface area contributed by atoms with Crippen LogP contribution in [0.15, 0.2) is 30.7 Å². The van der Waals surface area contributed by atoms with Gasteiger partial charge in [-0.25, -0.2) is 0 Å². The van der Waals surface area contributed by atoms with Gasteiger partial charge < -0.3 is 10.6 Å². The van der Waals surface area contributed by atoms with E-state index in [1.54, 1.807) is 31.4 Å². The summed E-state index contributed by atoms with van der Waals surface area (Å²) in [7, 11) is 3.47. The minimum absolute atomic E-state index is 0.119. The average Bonchev–Trinajstić information content (AvgIpc) is 2.76. The molecule has 2 rings (SSSR count). The van der Waals surface area contributed by atoms with E-state index >= 15 is 0 Å². The third kappa shape index (κ3) is 2.90. The van der Waals surface area contributed by atoms with Gasteiger partial charge in [0.1, 0.15) is 5.69 Å². The summed E-state index contributed by atoms with van der Waals surface area (Å²) in [4.78, 5) is 17.9. The molecule has 0 bridgehead atoms. The monoisotopic (exact) mass is 259 g/mol. The standard InChI is InChI=1S/C13H17N5O/c1-17(8-5-10-3-6-15-7-4-10)13(19)12-11(14)9-16-18(12)2/h3-4,6-7,9H,5,8,14H2,1-2H3. The van der Waals surface area contributed by atoms with Crippen LogP contribution in [0.25, 0.3) is 0 Å². The van der Waals surface area contributed by atoms with Crippen molar-refractivity contribution < 1.29 is 4.79 Å². The molecule has 2 heterocycles. The van der Waals surface area contributed by atoms with Crippen molar-refractivity contribution >= 4 is 11.6 Å². The normalized spacial score (nSPS) is 10.4. The molecule has 0 saturated heterocycles. The molecule has 0 unspecified atom stereocenters. The molecule has 19 heavy (non-hydrogen) atoms. The maximum Gasteiger partial charge on any atom is 0.274 e. The molecule has 0 atom stereocenters. The van der Waals surface area contributed by atoms with E-state index in [0.29, 0.717) is 17.9 Å². The highest BCUT2D eigenvalue weighted by atomic mass is 16.2. The number of pyridine rings is 1. The van der Waals surface area contributed by atoms with Crippen LogP contribution in [0.5, 0.6) is 0 Å². The van der Waals surface area contributed by atoms with Crippen molar-refractivity contribution in [1.82, 2.24) is 19.7 Å². The third-order valence-electron chi connectivity index (χ3n) is 3.00. The van der Waals surface area contributed by atoms with Gasteiger partial charge in [-0.3, -0.25) is 14.5 Å². The van der Waals surface area contributed by atoms with Crippen molar-refractivity contribution in [3.8, 4) is 0 Å². The van der Waals surface area contributed by atoms with Crippen molar-refractivity contribution in [1.29, 1.82) is 0 Å². The predicted molar refractivity (Wildman–Crippen MR) is 72.5 cm³/mol. The summed E-state index contributed by atoms with van der Waals surface area (Å²) >= 11 is 0. The van der Waals surface area contributed by atoms with Crippen LogP contribution >= 0.6 is 0 Å². The lowest BCUT2D eigenvalue weighted by molar-refractivity contribution is 0.0787. The van der Waals surface area contributed by atoms with Gasteiger partial charge in [-0.2, -0.15) is 5.10 Å². The molecule has 0 radical (unpaired) electrons. The van der Waals surface area contributed by atoms with Crippen LogP contribution in [0.4, 0.5) is 5.69 Å². The van der Waals surface area contributed by atoms with Gasteiger partial charge in [0.05, 0.1) is 11.9 Å². The van der Waals surface area contributed by atoms with Crippen molar-refractivity contribution in [2.75, 3.05) is 19.3 Å². The van der Waals surface area contributed by atoms with E-state index in [-0.39, 0.29) is 5.91 Å². The second kappa shape index (κ2) is 5.51. The SMILES string of the molecule is CN(CCc1ccncc1)C(=O)c1c(N)cnn1C. The highest BCUT2D eigenvalue weighted by molar-refractivity contribution is 5.97. The zero-order valence-electron chi connectivity index (χ0n) is 11.1. The summed E-state index contributed by atoms with van der Waals surface area (Å²) in [6.07, 6.45) is 5.76. The van der Waals surface area contributed by atoms with Crippen LogP contribution in [-0.2, 0) is 13.5 Å². The van der Waals surface area contributed by atoms with E-state index < -0.39 is 0 Å². The first kappa shape index (κ1) is 13.1. The minimum atomic E-state index is -0.119. The first-order valence-electron chi connectivity index (χ1n) is 6.01. The van der Waals surface area contributed by atoms with E-state index in [2.05, 4.69) is 10.1 Å². The van der Waals surface area contributed by atoms with Crippen molar-refractivity contribution in [3.63, 3.8) is 0 Å². The molecule has 0 aliphatic carbocycles. The van der Waals surface area contributed by atoms with E-state index in [1.807, 2.05) is 12.1 Å². The average molecular weight is 259 g/mol. The van der Waals surface area contributed by atoms with E-state index in [0.717, 1.165) is 12.0 Å². The number of nitrogens with zero attached hydrogens (tertiary/aromatic N) is 4. The number of amides is 1. The quantitative estimate of drug-likeness (QED) is 0.877. The number of likely N-dealkylation sites (N-methyl/N-ethyl adjacent to an activating group) is 1. The molecule has 2 aromatic rings. The third-order valence-corrected chi connectivity index (χ3v) is 3.00. The number of anilines is 1. The number of carbonyl (C=O) groups is 1. The Kier molecular flexibility index (Phi) is 3.79. The first-order chi connectivity index (χ1) is 9.09. The Hall–Kier alpha value is -2.37. The zero-order valence-corrected chi connectivity index (χ0v) is 11.1. The molecule has 6 heteroatoms. The second-order valence-corrected chi connectivity index (χ2v) is 4.40. The maximum atomic E-state index is 12.2. The fourth-order valence-corrected chi connectivity index (χ4v) is 1.84. The number of nitrogens with two attached hydrogens (primary N) is 1. The molecule has 0 aliphatic rings. The Bertz CT molecular complexity index is 544. The number of hydrogen-bond donors (Lipinski definition) is 1. The van der Waals surface area contributed by atoms with Gasteiger partial charge in [0, 0.05) is 33.0 Å². The highest BCUT2D eigenvalue weighted by Gasteiger charge is 2.18. The molecule has 2 N–H and O–H groups in total. The molecular weight excluding hydrogens is 242 g/mol. The molecule has 2 aromatic heterocycles. The van der Waals surface area contributed by atoms with Crippen LogP contribution < -0.4 is 5.73 Å². The molecule has 0 spiro atoms. The fraction of sp³-hybridized carbons (Fsp3) is 0.308.